The summed E-state index contributed by atoms with van der Waals surface area (Å²) in [6.07, 6.45) is 0. The molecule has 0 aromatic heterocycles. The van der Waals surface area contributed by atoms with E-state index in [1.165, 1.54) is 22.5 Å². The Morgan fingerprint density at radius 2 is 1.63 bits per heavy atom. The highest BCUT2D eigenvalue weighted by Gasteiger charge is 2.25. The summed E-state index contributed by atoms with van der Waals surface area (Å²) in [6, 6.07) is 7.90. The fourth-order valence-corrected chi connectivity index (χ4v) is 4.44. The first-order valence-corrected chi connectivity index (χ1v) is 10.5. The number of halogens is 1. The first-order valence-electron chi connectivity index (χ1n) is 8.72. The molecule has 0 unspecified atom stereocenters. The molecular weight excluding hydrogens is 386 g/mol. The minimum absolute atomic E-state index is 0.0141. The van der Waals surface area contributed by atoms with E-state index < -0.39 is 16.0 Å². The van der Waals surface area contributed by atoms with Gasteiger partial charge in [-0.05, 0) is 55.7 Å². The van der Waals surface area contributed by atoms with Gasteiger partial charge in [-0.1, -0.05) is 37.6 Å². The number of sulfonamides is 1. The molecule has 2 aromatic rings. The van der Waals surface area contributed by atoms with Crippen LogP contribution >= 0.6 is 11.6 Å². The van der Waals surface area contributed by atoms with Crippen LogP contribution in [0, 0.1) is 20.8 Å². The van der Waals surface area contributed by atoms with Crippen molar-refractivity contribution < 1.29 is 17.9 Å². The summed E-state index contributed by atoms with van der Waals surface area (Å²) in [5.41, 5.74) is 2.68. The van der Waals surface area contributed by atoms with Gasteiger partial charge in [0.25, 0.3) is 0 Å². The first kappa shape index (κ1) is 21.4. The quantitative estimate of drug-likeness (QED) is 0.520. The Bertz CT molecular complexity index is 966. The summed E-state index contributed by atoms with van der Waals surface area (Å²) in [4.78, 5) is 12.7. The average Bonchev–Trinajstić information content (AvgIpc) is 2.62. The van der Waals surface area contributed by atoms with Crippen LogP contribution in [0.15, 0.2) is 35.2 Å². The monoisotopic (exact) mass is 409 g/mol. The molecule has 0 bridgehead atoms. The predicted molar refractivity (Wildman–Crippen MR) is 107 cm³/mol. The molecule has 0 aliphatic carbocycles. The molecule has 5 nitrogen and oxygen atoms in total. The summed E-state index contributed by atoms with van der Waals surface area (Å²) in [6.45, 7) is 9.83. The van der Waals surface area contributed by atoms with Crippen LogP contribution in [0.4, 0.5) is 0 Å². The highest BCUT2D eigenvalue weighted by Crippen LogP contribution is 2.29. The van der Waals surface area contributed by atoms with Crippen molar-refractivity contribution in [2.24, 2.45) is 0 Å². The van der Waals surface area contributed by atoms with E-state index in [4.69, 9.17) is 16.3 Å². The van der Waals surface area contributed by atoms with Crippen LogP contribution in [-0.4, -0.2) is 31.8 Å². The maximum absolute atomic E-state index is 12.7. The van der Waals surface area contributed by atoms with Crippen LogP contribution in [-0.2, 0) is 10.0 Å². The second-order valence-corrected chi connectivity index (χ2v) is 8.62. The van der Waals surface area contributed by atoms with Crippen molar-refractivity contribution >= 4 is 27.6 Å². The number of rotatable bonds is 6. The van der Waals surface area contributed by atoms with E-state index in [0.29, 0.717) is 18.8 Å². The van der Waals surface area contributed by atoms with Crippen molar-refractivity contribution in [1.29, 1.82) is 0 Å². The van der Waals surface area contributed by atoms with Crippen molar-refractivity contribution in [3.8, 4) is 5.75 Å². The van der Waals surface area contributed by atoms with Gasteiger partial charge in [0, 0.05) is 13.1 Å². The molecule has 0 radical (unpaired) electrons. The van der Waals surface area contributed by atoms with Gasteiger partial charge in [0.15, 0.2) is 0 Å². The van der Waals surface area contributed by atoms with Gasteiger partial charge in [-0.25, -0.2) is 13.2 Å². The van der Waals surface area contributed by atoms with E-state index in [9.17, 15) is 13.2 Å². The lowest BCUT2D eigenvalue weighted by atomic mass is 10.1. The number of carbonyl (C=O) groups is 1. The Labute approximate surface area is 166 Å². The summed E-state index contributed by atoms with van der Waals surface area (Å²) >= 11 is 6.16. The van der Waals surface area contributed by atoms with E-state index >= 15 is 0 Å². The number of nitrogens with zero attached hydrogens (tertiary/aromatic N) is 1. The Morgan fingerprint density at radius 3 is 2.22 bits per heavy atom. The highest BCUT2D eigenvalue weighted by atomic mass is 35.5. The van der Waals surface area contributed by atoms with Crippen LogP contribution in [0.2, 0.25) is 5.02 Å². The van der Waals surface area contributed by atoms with Crippen LogP contribution in [0.5, 0.6) is 5.75 Å². The third-order valence-corrected chi connectivity index (χ3v) is 6.94. The van der Waals surface area contributed by atoms with E-state index in [2.05, 4.69) is 0 Å². The Kier molecular flexibility index (Phi) is 6.68. The minimum Gasteiger partial charge on any atom is -0.422 e. The van der Waals surface area contributed by atoms with Crippen molar-refractivity contribution in [2.75, 3.05) is 13.1 Å². The fourth-order valence-electron chi connectivity index (χ4n) is 2.76. The number of esters is 1. The van der Waals surface area contributed by atoms with Gasteiger partial charge in [-0.2, -0.15) is 4.31 Å². The molecule has 7 heteroatoms. The molecule has 0 saturated heterocycles. The lowest BCUT2D eigenvalue weighted by Crippen LogP contribution is -2.30. The highest BCUT2D eigenvalue weighted by molar-refractivity contribution is 7.89. The van der Waals surface area contributed by atoms with Gasteiger partial charge in [0.2, 0.25) is 10.0 Å². The first-order chi connectivity index (χ1) is 12.6. The largest absolute Gasteiger partial charge is 0.422 e. The Balaban J connectivity index is 2.45. The number of hydrogen-bond acceptors (Lipinski definition) is 4. The van der Waals surface area contributed by atoms with Gasteiger partial charge in [0.05, 0.1) is 15.5 Å². The summed E-state index contributed by atoms with van der Waals surface area (Å²) < 4.78 is 32.3. The second-order valence-electron chi connectivity index (χ2n) is 6.27. The summed E-state index contributed by atoms with van der Waals surface area (Å²) in [5.74, 6) is -0.221. The zero-order chi connectivity index (χ0) is 20.4. The van der Waals surface area contributed by atoms with E-state index in [-0.39, 0.29) is 15.5 Å². The summed E-state index contributed by atoms with van der Waals surface area (Å²) in [5, 5.41) is 0.140. The smallest absolute Gasteiger partial charge is 0.345 e. The van der Waals surface area contributed by atoms with Gasteiger partial charge in [-0.3, -0.25) is 0 Å². The van der Waals surface area contributed by atoms with E-state index in [1.54, 1.807) is 13.8 Å². The normalized spacial score (nSPS) is 11.7. The van der Waals surface area contributed by atoms with Gasteiger partial charge < -0.3 is 4.74 Å². The lowest BCUT2D eigenvalue weighted by molar-refractivity contribution is 0.0732. The number of hydrogen-bond donors (Lipinski definition) is 0. The Morgan fingerprint density at radius 1 is 1.04 bits per heavy atom. The van der Waals surface area contributed by atoms with E-state index in [1.807, 2.05) is 32.9 Å². The zero-order valence-corrected chi connectivity index (χ0v) is 17.7. The van der Waals surface area contributed by atoms with Crippen LogP contribution in [0.25, 0.3) is 0 Å². The molecule has 0 atom stereocenters. The molecule has 0 saturated carbocycles. The molecule has 0 fully saturated rings. The summed E-state index contributed by atoms with van der Waals surface area (Å²) in [7, 11) is -3.70. The van der Waals surface area contributed by atoms with E-state index in [0.717, 1.165) is 16.7 Å². The minimum atomic E-state index is -3.70. The molecule has 0 spiro atoms. The van der Waals surface area contributed by atoms with Crippen molar-refractivity contribution in [1.82, 2.24) is 4.31 Å². The lowest BCUT2D eigenvalue weighted by Gasteiger charge is -2.19. The molecule has 0 amide bonds. The number of ether oxygens (including phenoxy) is 1. The SMILES string of the molecule is CCN(CC)S(=O)(=O)c1ccc(Cl)c(C(=O)Oc2c(C)ccc(C)c2C)c1. The number of aryl methyl sites for hydroxylation is 2. The fraction of sp³-hybridized carbons (Fsp3) is 0.350. The third kappa shape index (κ3) is 4.34. The number of benzene rings is 2. The molecule has 27 heavy (non-hydrogen) atoms. The molecular formula is C20H24ClNO4S. The maximum atomic E-state index is 12.7. The van der Waals surface area contributed by atoms with Crippen molar-refractivity contribution in [3.05, 3.63) is 57.6 Å². The zero-order valence-electron chi connectivity index (χ0n) is 16.2. The number of carbonyl (C=O) groups excluding carboxylic acids is 1. The molecule has 0 N–H and O–H groups in total. The van der Waals surface area contributed by atoms with Crippen LogP contribution in [0.3, 0.4) is 0 Å². The maximum Gasteiger partial charge on any atom is 0.345 e. The standard InChI is InChI=1S/C20H24ClNO4S/c1-6-22(7-2)27(24,25)16-10-11-18(21)17(12-16)20(23)26-19-14(4)9-8-13(3)15(19)5/h8-12H,6-7H2,1-5H3. The Hall–Kier alpha value is -1.89. The van der Waals surface area contributed by atoms with Gasteiger partial charge >= 0.3 is 5.97 Å². The van der Waals surface area contributed by atoms with Crippen molar-refractivity contribution in [3.63, 3.8) is 0 Å². The van der Waals surface area contributed by atoms with Crippen molar-refractivity contribution in [2.45, 2.75) is 39.5 Å². The average molecular weight is 410 g/mol. The molecule has 2 aromatic carbocycles. The van der Waals surface area contributed by atoms with Gasteiger partial charge in [-0.15, -0.1) is 0 Å². The third-order valence-electron chi connectivity index (χ3n) is 4.57. The van der Waals surface area contributed by atoms with Gasteiger partial charge in [0.1, 0.15) is 5.75 Å². The van der Waals surface area contributed by atoms with Crippen LogP contribution < -0.4 is 4.74 Å². The topological polar surface area (TPSA) is 63.7 Å². The molecule has 0 heterocycles. The van der Waals surface area contributed by atoms with Crippen LogP contribution in [0.1, 0.15) is 40.9 Å². The second kappa shape index (κ2) is 8.42. The molecule has 0 aliphatic heterocycles. The molecule has 2 rings (SSSR count). The molecule has 146 valence electrons. The molecule has 0 aliphatic rings. The predicted octanol–water partition coefficient (Wildman–Crippen LogP) is 4.51.